The Morgan fingerprint density at radius 2 is 2.05 bits per heavy atom. The Morgan fingerprint density at radius 1 is 1.38 bits per heavy atom. The quantitative estimate of drug-likeness (QED) is 0.907. The second-order valence-corrected chi connectivity index (χ2v) is 5.70. The zero-order chi connectivity index (χ0) is 14.5. The smallest absolute Gasteiger partial charge is 0.306 e. The number of carbonyl (C=O) groups is 1. The van der Waals surface area contributed by atoms with Crippen molar-refractivity contribution in [2.45, 2.75) is 39.3 Å². The van der Waals surface area contributed by atoms with E-state index >= 15 is 0 Å². The molecule has 0 saturated carbocycles. The summed E-state index contributed by atoms with van der Waals surface area (Å²) in [5.41, 5.74) is 1.22. The fourth-order valence-electron chi connectivity index (χ4n) is 2.59. The number of ether oxygens (including phenoxy) is 1. The van der Waals surface area contributed by atoms with Crippen molar-refractivity contribution in [3.63, 3.8) is 0 Å². The summed E-state index contributed by atoms with van der Waals surface area (Å²) in [6.07, 6.45) is 1.67. The van der Waals surface area contributed by atoms with Crippen molar-refractivity contribution < 1.29 is 14.6 Å². The molecule has 1 aliphatic heterocycles. The highest BCUT2D eigenvalue weighted by atomic mass is 35.5. The average molecular weight is 314 g/mol. The summed E-state index contributed by atoms with van der Waals surface area (Å²) in [6, 6.07) is 8.15. The van der Waals surface area contributed by atoms with Crippen LogP contribution in [0.15, 0.2) is 24.3 Å². The highest BCUT2D eigenvalue weighted by molar-refractivity contribution is 5.85. The van der Waals surface area contributed by atoms with Crippen molar-refractivity contribution in [2.75, 3.05) is 13.1 Å². The van der Waals surface area contributed by atoms with Crippen LogP contribution in [-0.2, 0) is 11.3 Å². The van der Waals surface area contributed by atoms with Gasteiger partial charge < -0.3 is 9.84 Å². The summed E-state index contributed by atoms with van der Waals surface area (Å²) >= 11 is 0. The van der Waals surface area contributed by atoms with Crippen LogP contribution in [0.4, 0.5) is 0 Å². The molecule has 0 amide bonds. The van der Waals surface area contributed by atoms with Gasteiger partial charge in [-0.2, -0.15) is 0 Å². The van der Waals surface area contributed by atoms with E-state index in [1.807, 2.05) is 26.0 Å². The van der Waals surface area contributed by atoms with Crippen LogP contribution in [0.2, 0.25) is 0 Å². The van der Waals surface area contributed by atoms with Gasteiger partial charge in [-0.05, 0) is 57.5 Å². The van der Waals surface area contributed by atoms with Gasteiger partial charge >= 0.3 is 5.97 Å². The Hall–Kier alpha value is -1.26. The van der Waals surface area contributed by atoms with Gasteiger partial charge in [-0.15, -0.1) is 12.4 Å². The van der Waals surface area contributed by atoms with Gasteiger partial charge in [0.1, 0.15) is 5.75 Å². The van der Waals surface area contributed by atoms with Gasteiger partial charge in [-0.25, -0.2) is 0 Å². The Kier molecular flexibility index (Phi) is 6.99. The third kappa shape index (κ3) is 5.56. The molecule has 2 rings (SSSR count). The van der Waals surface area contributed by atoms with Crippen LogP contribution in [0, 0.1) is 5.92 Å². The molecule has 0 aromatic heterocycles. The Labute approximate surface area is 132 Å². The molecule has 1 fully saturated rings. The van der Waals surface area contributed by atoms with E-state index in [9.17, 15) is 4.79 Å². The molecule has 1 N–H and O–H groups in total. The fourth-order valence-corrected chi connectivity index (χ4v) is 2.59. The number of aliphatic carboxylic acids is 1. The number of benzene rings is 1. The molecule has 4 nitrogen and oxygen atoms in total. The molecule has 1 heterocycles. The Balaban J connectivity index is 0.00000220. The molecule has 0 aliphatic carbocycles. The summed E-state index contributed by atoms with van der Waals surface area (Å²) in [7, 11) is 0. The maximum absolute atomic E-state index is 10.9. The maximum Gasteiger partial charge on any atom is 0.306 e. The van der Waals surface area contributed by atoms with Crippen molar-refractivity contribution in [2.24, 2.45) is 5.92 Å². The van der Waals surface area contributed by atoms with Crippen LogP contribution >= 0.6 is 12.4 Å². The van der Waals surface area contributed by atoms with E-state index in [1.54, 1.807) is 0 Å². The molecule has 118 valence electrons. The topological polar surface area (TPSA) is 49.8 Å². The lowest BCUT2D eigenvalue weighted by Gasteiger charge is -2.30. The number of hydrogen-bond donors (Lipinski definition) is 1. The summed E-state index contributed by atoms with van der Waals surface area (Å²) in [6.45, 7) is 6.60. The van der Waals surface area contributed by atoms with E-state index in [1.165, 1.54) is 5.56 Å². The van der Waals surface area contributed by atoms with E-state index in [-0.39, 0.29) is 24.4 Å². The molecule has 1 aliphatic rings. The van der Waals surface area contributed by atoms with Crippen LogP contribution in [0.25, 0.3) is 0 Å². The standard InChI is InChI=1S/C16H23NO3.ClH/c1-12(2)20-15-5-3-4-13(10-15)11-17-8-6-14(7-9-17)16(18)19;/h3-5,10,12,14H,6-9,11H2,1-2H3,(H,18,19);1H. The van der Waals surface area contributed by atoms with Crippen LogP contribution < -0.4 is 4.74 Å². The molecule has 5 heteroatoms. The predicted molar refractivity (Wildman–Crippen MR) is 85.1 cm³/mol. The first kappa shape index (κ1) is 17.8. The fraction of sp³-hybridized carbons (Fsp3) is 0.562. The van der Waals surface area contributed by atoms with Crippen molar-refractivity contribution in [3.05, 3.63) is 29.8 Å². The van der Waals surface area contributed by atoms with E-state index in [4.69, 9.17) is 9.84 Å². The lowest BCUT2D eigenvalue weighted by Crippen LogP contribution is -2.35. The molecular weight excluding hydrogens is 290 g/mol. The van der Waals surface area contributed by atoms with Crippen LogP contribution in [0.1, 0.15) is 32.3 Å². The molecule has 0 radical (unpaired) electrons. The van der Waals surface area contributed by atoms with Gasteiger partial charge in [0.2, 0.25) is 0 Å². The number of rotatable bonds is 5. The highest BCUT2D eigenvalue weighted by Crippen LogP contribution is 2.21. The van der Waals surface area contributed by atoms with Crippen molar-refractivity contribution in [1.82, 2.24) is 4.90 Å². The molecule has 21 heavy (non-hydrogen) atoms. The minimum atomic E-state index is -0.656. The van der Waals surface area contributed by atoms with Crippen LogP contribution in [0.5, 0.6) is 5.75 Å². The number of halogens is 1. The van der Waals surface area contributed by atoms with Gasteiger partial charge in [0.15, 0.2) is 0 Å². The first-order valence-electron chi connectivity index (χ1n) is 7.25. The summed E-state index contributed by atoms with van der Waals surface area (Å²) in [5, 5.41) is 9.00. The van der Waals surface area contributed by atoms with E-state index in [2.05, 4.69) is 17.0 Å². The lowest BCUT2D eigenvalue weighted by molar-refractivity contribution is -0.143. The third-order valence-corrected chi connectivity index (χ3v) is 3.61. The monoisotopic (exact) mass is 313 g/mol. The number of carboxylic acids is 1. The number of piperidine rings is 1. The van der Waals surface area contributed by atoms with Crippen LogP contribution in [0.3, 0.4) is 0 Å². The molecule has 1 aromatic carbocycles. The first-order valence-corrected chi connectivity index (χ1v) is 7.25. The number of nitrogens with zero attached hydrogens (tertiary/aromatic N) is 1. The second-order valence-electron chi connectivity index (χ2n) is 5.70. The number of likely N-dealkylation sites (tertiary alicyclic amines) is 1. The number of hydrogen-bond acceptors (Lipinski definition) is 3. The first-order chi connectivity index (χ1) is 9.54. The summed E-state index contributed by atoms with van der Waals surface area (Å²) in [5.74, 6) is 0.0803. The van der Waals surface area contributed by atoms with Crippen molar-refractivity contribution in [1.29, 1.82) is 0 Å². The van der Waals surface area contributed by atoms with Crippen LogP contribution in [-0.4, -0.2) is 35.2 Å². The van der Waals surface area contributed by atoms with E-state index in [0.29, 0.717) is 0 Å². The molecular formula is C16H24ClNO3. The molecule has 0 spiro atoms. The molecule has 1 aromatic rings. The van der Waals surface area contributed by atoms with E-state index in [0.717, 1.165) is 38.2 Å². The minimum Gasteiger partial charge on any atom is -0.491 e. The van der Waals surface area contributed by atoms with E-state index < -0.39 is 5.97 Å². The Bertz CT molecular complexity index is 457. The van der Waals surface area contributed by atoms with Gasteiger partial charge in [-0.3, -0.25) is 9.69 Å². The second kappa shape index (κ2) is 8.25. The van der Waals surface area contributed by atoms with Gasteiger partial charge in [0.05, 0.1) is 12.0 Å². The molecule has 0 atom stereocenters. The molecule has 0 bridgehead atoms. The molecule has 0 unspecified atom stereocenters. The van der Waals surface area contributed by atoms with Gasteiger partial charge in [0, 0.05) is 6.54 Å². The highest BCUT2D eigenvalue weighted by Gasteiger charge is 2.24. The zero-order valence-electron chi connectivity index (χ0n) is 12.6. The van der Waals surface area contributed by atoms with Crippen molar-refractivity contribution in [3.8, 4) is 5.75 Å². The van der Waals surface area contributed by atoms with Gasteiger partial charge in [-0.1, -0.05) is 12.1 Å². The zero-order valence-corrected chi connectivity index (χ0v) is 13.4. The maximum atomic E-state index is 10.9. The summed E-state index contributed by atoms with van der Waals surface area (Å²) in [4.78, 5) is 13.2. The number of carboxylic acid groups (broad SMARTS) is 1. The van der Waals surface area contributed by atoms with Gasteiger partial charge in [0.25, 0.3) is 0 Å². The lowest BCUT2D eigenvalue weighted by atomic mass is 9.97. The van der Waals surface area contributed by atoms with Crippen molar-refractivity contribution >= 4 is 18.4 Å². The SMILES string of the molecule is CC(C)Oc1cccc(CN2CCC(C(=O)O)CC2)c1.Cl. The minimum absolute atomic E-state index is 0. The predicted octanol–water partition coefficient (Wildman–Crippen LogP) is 3.19. The summed E-state index contributed by atoms with van der Waals surface area (Å²) < 4.78 is 5.70. The third-order valence-electron chi connectivity index (χ3n) is 3.61. The Morgan fingerprint density at radius 3 is 2.62 bits per heavy atom. The normalized spacial score (nSPS) is 16.5. The molecule has 1 saturated heterocycles. The largest absolute Gasteiger partial charge is 0.491 e. The average Bonchev–Trinajstić information content (AvgIpc) is 2.39.